The molecule has 1 N–H and O–H groups in total. The summed E-state index contributed by atoms with van der Waals surface area (Å²) in [5.74, 6) is 2.61. The molecule has 152 valence electrons. The molecular weight excluding hydrogens is 354 g/mol. The smallest absolute Gasteiger partial charge is 0.220 e. The number of ether oxygens (including phenoxy) is 3. The largest absolute Gasteiger partial charge is 0.496 e. The van der Waals surface area contributed by atoms with Crippen molar-refractivity contribution in [2.75, 3.05) is 27.9 Å². The minimum absolute atomic E-state index is 0.0411. The van der Waals surface area contributed by atoms with Gasteiger partial charge in [-0.1, -0.05) is 38.1 Å². The van der Waals surface area contributed by atoms with Crippen LogP contribution in [0.15, 0.2) is 36.4 Å². The van der Waals surface area contributed by atoms with Crippen LogP contribution in [0.25, 0.3) is 0 Å². The van der Waals surface area contributed by atoms with E-state index >= 15 is 0 Å². The van der Waals surface area contributed by atoms with E-state index in [9.17, 15) is 4.79 Å². The Hall–Kier alpha value is -2.69. The van der Waals surface area contributed by atoms with Crippen LogP contribution in [0.5, 0.6) is 17.2 Å². The van der Waals surface area contributed by atoms with E-state index in [1.807, 2.05) is 12.1 Å². The van der Waals surface area contributed by atoms with Crippen molar-refractivity contribution in [1.82, 2.24) is 5.32 Å². The maximum absolute atomic E-state index is 12.2. The first kappa shape index (κ1) is 21.6. The highest BCUT2D eigenvalue weighted by atomic mass is 16.5. The molecule has 5 heteroatoms. The number of hydrogen-bond donors (Lipinski definition) is 1. The van der Waals surface area contributed by atoms with E-state index in [0.29, 0.717) is 42.6 Å². The zero-order valence-electron chi connectivity index (χ0n) is 17.5. The summed E-state index contributed by atoms with van der Waals surface area (Å²) < 4.78 is 16.2. The van der Waals surface area contributed by atoms with Crippen molar-refractivity contribution < 1.29 is 19.0 Å². The average molecular weight is 386 g/mol. The topological polar surface area (TPSA) is 56.8 Å². The summed E-state index contributed by atoms with van der Waals surface area (Å²) in [4.78, 5) is 12.2. The van der Waals surface area contributed by atoms with Gasteiger partial charge in [-0.3, -0.25) is 4.79 Å². The van der Waals surface area contributed by atoms with Crippen LogP contribution >= 0.6 is 0 Å². The molecule has 28 heavy (non-hydrogen) atoms. The van der Waals surface area contributed by atoms with Crippen LogP contribution in [0.4, 0.5) is 0 Å². The summed E-state index contributed by atoms with van der Waals surface area (Å²) in [7, 11) is 4.83. The maximum atomic E-state index is 12.2. The molecule has 0 spiro atoms. The van der Waals surface area contributed by atoms with Crippen LogP contribution in [0.1, 0.15) is 42.9 Å². The second-order valence-corrected chi connectivity index (χ2v) is 7.01. The van der Waals surface area contributed by atoms with Crippen molar-refractivity contribution >= 4 is 5.91 Å². The van der Waals surface area contributed by atoms with Gasteiger partial charge in [0.15, 0.2) is 0 Å². The van der Waals surface area contributed by atoms with E-state index in [0.717, 1.165) is 12.0 Å². The molecule has 0 aliphatic heterocycles. The molecule has 0 saturated carbocycles. The molecule has 0 aliphatic rings. The fourth-order valence-electron chi connectivity index (χ4n) is 3.07. The molecule has 2 aromatic carbocycles. The Labute approximate surface area is 168 Å². The lowest BCUT2D eigenvalue weighted by atomic mass is 10.0. The van der Waals surface area contributed by atoms with Crippen LogP contribution in [-0.4, -0.2) is 33.8 Å². The Morgan fingerprint density at radius 1 is 0.929 bits per heavy atom. The minimum atomic E-state index is 0.0411. The van der Waals surface area contributed by atoms with Crippen molar-refractivity contribution in [3.63, 3.8) is 0 Å². The molecule has 0 unspecified atom stereocenters. The molecule has 0 aliphatic carbocycles. The van der Waals surface area contributed by atoms with Gasteiger partial charge in [0.1, 0.15) is 17.2 Å². The first-order valence-corrected chi connectivity index (χ1v) is 9.62. The second-order valence-electron chi connectivity index (χ2n) is 7.01. The van der Waals surface area contributed by atoms with Crippen LogP contribution in [0, 0.1) is 0 Å². The number of amides is 1. The molecule has 0 atom stereocenters. The van der Waals surface area contributed by atoms with Crippen LogP contribution in [0.2, 0.25) is 0 Å². The van der Waals surface area contributed by atoms with E-state index in [-0.39, 0.29) is 5.91 Å². The van der Waals surface area contributed by atoms with Gasteiger partial charge in [-0.25, -0.2) is 0 Å². The van der Waals surface area contributed by atoms with Crippen molar-refractivity contribution in [3.05, 3.63) is 53.1 Å². The van der Waals surface area contributed by atoms with Gasteiger partial charge in [0.2, 0.25) is 5.91 Å². The molecular formula is C23H31NO4. The summed E-state index contributed by atoms with van der Waals surface area (Å²) in [6.07, 6.45) is 1.82. The minimum Gasteiger partial charge on any atom is -0.496 e. The lowest BCUT2D eigenvalue weighted by Gasteiger charge is -2.15. The van der Waals surface area contributed by atoms with E-state index in [2.05, 4.69) is 43.4 Å². The molecule has 0 heterocycles. The molecule has 0 bridgehead atoms. The van der Waals surface area contributed by atoms with E-state index in [1.165, 1.54) is 11.1 Å². The highest BCUT2D eigenvalue weighted by Crippen LogP contribution is 2.34. The number of carbonyl (C=O) groups excluding carboxylic acids is 1. The molecule has 2 aromatic rings. The molecule has 1 amide bonds. The van der Waals surface area contributed by atoms with Gasteiger partial charge in [0.25, 0.3) is 0 Å². The van der Waals surface area contributed by atoms with Crippen molar-refractivity contribution in [3.8, 4) is 17.2 Å². The number of nitrogens with one attached hydrogen (secondary N) is 1. The monoisotopic (exact) mass is 385 g/mol. The summed E-state index contributed by atoms with van der Waals surface area (Å²) in [6.45, 7) is 4.87. The molecule has 5 nitrogen and oxygen atoms in total. The van der Waals surface area contributed by atoms with E-state index < -0.39 is 0 Å². The average Bonchev–Trinajstić information content (AvgIpc) is 2.72. The van der Waals surface area contributed by atoms with Gasteiger partial charge in [0, 0.05) is 30.7 Å². The third-order valence-corrected chi connectivity index (χ3v) is 4.80. The Kier molecular flexibility index (Phi) is 8.18. The van der Waals surface area contributed by atoms with Gasteiger partial charge in [0.05, 0.1) is 21.3 Å². The van der Waals surface area contributed by atoms with Crippen LogP contribution in [0.3, 0.4) is 0 Å². The SMILES string of the molecule is COc1cc(OC)c(CCNC(=O)CCc2ccc(C(C)C)cc2)c(OC)c1. The fourth-order valence-corrected chi connectivity index (χ4v) is 3.07. The Balaban J connectivity index is 1.86. The van der Waals surface area contributed by atoms with Crippen molar-refractivity contribution in [2.24, 2.45) is 0 Å². The van der Waals surface area contributed by atoms with Gasteiger partial charge in [-0.2, -0.15) is 0 Å². The summed E-state index contributed by atoms with van der Waals surface area (Å²) in [5, 5.41) is 2.98. The molecule has 0 radical (unpaired) electrons. The van der Waals surface area contributed by atoms with Crippen LogP contribution in [-0.2, 0) is 17.6 Å². The summed E-state index contributed by atoms with van der Waals surface area (Å²) in [6, 6.07) is 12.1. The number of carbonyl (C=O) groups is 1. The number of methoxy groups -OCH3 is 3. The fraction of sp³-hybridized carbons (Fsp3) is 0.435. The summed E-state index contributed by atoms with van der Waals surface area (Å²) >= 11 is 0. The Morgan fingerprint density at radius 2 is 1.54 bits per heavy atom. The predicted octanol–water partition coefficient (Wildman–Crippen LogP) is 4.13. The van der Waals surface area contributed by atoms with Crippen molar-refractivity contribution in [1.29, 1.82) is 0 Å². The second kappa shape index (κ2) is 10.6. The van der Waals surface area contributed by atoms with Gasteiger partial charge < -0.3 is 19.5 Å². The van der Waals surface area contributed by atoms with Crippen LogP contribution < -0.4 is 19.5 Å². The lowest BCUT2D eigenvalue weighted by Crippen LogP contribution is -2.26. The van der Waals surface area contributed by atoms with Crippen molar-refractivity contribution in [2.45, 2.75) is 39.0 Å². The number of rotatable bonds is 10. The number of benzene rings is 2. The first-order chi connectivity index (χ1) is 13.5. The zero-order valence-corrected chi connectivity index (χ0v) is 17.5. The third kappa shape index (κ3) is 5.91. The Bertz CT molecular complexity index is 744. The van der Waals surface area contributed by atoms with Gasteiger partial charge in [-0.15, -0.1) is 0 Å². The standard InChI is InChI=1S/C23H31NO4/c1-16(2)18-9-6-17(7-10-18)8-11-23(25)24-13-12-20-21(27-4)14-19(26-3)15-22(20)28-5/h6-7,9-10,14-16H,8,11-13H2,1-5H3,(H,24,25). The third-order valence-electron chi connectivity index (χ3n) is 4.80. The Morgan fingerprint density at radius 3 is 2.04 bits per heavy atom. The number of hydrogen-bond acceptors (Lipinski definition) is 4. The predicted molar refractivity (Wildman–Crippen MR) is 112 cm³/mol. The molecule has 2 rings (SSSR count). The highest BCUT2D eigenvalue weighted by molar-refractivity contribution is 5.76. The zero-order chi connectivity index (χ0) is 20.5. The van der Waals surface area contributed by atoms with Gasteiger partial charge >= 0.3 is 0 Å². The maximum Gasteiger partial charge on any atom is 0.220 e. The molecule has 0 fully saturated rings. The van der Waals surface area contributed by atoms with E-state index in [1.54, 1.807) is 21.3 Å². The normalized spacial score (nSPS) is 10.6. The van der Waals surface area contributed by atoms with Gasteiger partial charge in [-0.05, 0) is 29.9 Å². The highest BCUT2D eigenvalue weighted by Gasteiger charge is 2.13. The first-order valence-electron chi connectivity index (χ1n) is 9.62. The number of aryl methyl sites for hydroxylation is 1. The quantitative estimate of drug-likeness (QED) is 0.668. The van der Waals surface area contributed by atoms with E-state index in [4.69, 9.17) is 14.2 Å². The molecule has 0 saturated heterocycles. The summed E-state index contributed by atoms with van der Waals surface area (Å²) in [5.41, 5.74) is 3.41. The molecule has 0 aromatic heterocycles. The lowest BCUT2D eigenvalue weighted by molar-refractivity contribution is -0.121.